The lowest BCUT2D eigenvalue weighted by Gasteiger charge is -2.24. The van der Waals surface area contributed by atoms with Crippen molar-refractivity contribution in [3.8, 4) is 0 Å². The molecule has 0 bridgehead atoms. The number of ether oxygens (including phenoxy) is 1. The van der Waals surface area contributed by atoms with Crippen molar-refractivity contribution >= 4 is 17.6 Å². The summed E-state index contributed by atoms with van der Waals surface area (Å²) in [7, 11) is 0. The van der Waals surface area contributed by atoms with Gasteiger partial charge in [0, 0.05) is 0 Å². The number of benzene rings is 2. The lowest BCUT2D eigenvalue weighted by Crippen LogP contribution is -2.24. The maximum atomic E-state index is 11.8. The minimum atomic E-state index is -0.793. The molecule has 0 aromatic heterocycles. The number of nitrogens with zero attached hydrogens (tertiary/aromatic N) is 2. The van der Waals surface area contributed by atoms with E-state index in [-0.39, 0.29) is 11.3 Å². The molecule has 0 fully saturated rings. The Labute approximate surface area is 139 Å². The van der Waals surface area contributed by atoms with Crippen molar-refractivity contribution in [3.05, 3.63) is 70.4 Å². The monoisotopic (exact) mass is 328 g/mol. The van der Waals surface area contributed by atoms with E-state index in [9.17, 15) is 4.79 Å². The number of carbonyl (C=O) groups is 1. The molecule has 23 heavy (non-hydrogen) atoms. The number of carbonyl (C=O) groups excluding carboxylic acids is 1. The van der Waals surface area contributed by atoms with Crippen LogP contribution in [0.3, 0.4) is 0 Å². The Hall–Kier alpha value is -2.20. The van der Waals surface area contributed by atoms with Crippen molar-refractivity contribution in [2.75, 3.05) is 6.61 Å². The second kappa shape index (κ2) is 6.13. The Morgan fingerprint density at radius 2 is 1.87 bits per heavy atom. The van der Waals surface area contributed by atoms with Gasteiger partial charge in [-0.05, 0) is 37.6 Å². The maximum absolute atomic E-state index is 11.8. The highest BCUT2D eigenvalue weighted by atomic mass is 35.5. The largest absolute Gasteiger partial charge is 0.462 e. The molecule has 0 aliphatic carbocycles. The highest BCUT2D eigenvalue weighted by Crippen LogP contribution is 2.36. The molecule has 0 N–H and O–H groups in total. The summed E-state index contributed by atoms with van der Waals surface area (Å²) in [4.78, 5) is 21.2. The summed E-state index contributed by atoms with van der Waals surface area (Å²) < 4.78 is 5.02. The minimum absolute atomic E-state index is 0.340. The van der Waals surface area contributed by atoms with E-state index in [1.807, 2.05) is 37.3 Å². The summed E-state index contributed by atoms with van der Waals surface area (Å²) >= 11 is 6.62. The zero-order chi connectivity index (χ0) is 16.4. The first kappa shape index (κ1) is 15.7. The molecule has 0 amide bonds. The first-order valence-electron chi connectivity index (χ1n) is 7.49. The summed E-state index contributed by atoms with van der Waals surface area (Å²) in [6.07, 6.45) is 0. The molecule has 4 nitrogen and oxygen atoms in total. The highest BCUT2D eigenvalue weighted by Gasteiger charge is 2.35. The van der Waals surface area contributed by atoms with Crippen molar-refractivity contribution in [3.63, 3.8) is 0 Å². The third kappa shape index (κ3) is 2.99. The molecular weight excluding hydrogens is 312 g/mol. The zero-order valence-corrected chi connectivity index (χ0v) is 13.7. The average molecular weight is 329 g/mol. The van der Waals surface area contributed by atoms with E-state index in [1.54, 1.807) is 25.1 Å². The van der Waals surface area contributed by atoms with Crippen LogP contribution in [0.2, 0.25) is 0 Å². The summed E-state index contributed by atoms with van der Waals surface area (Å²) in [5.41, 5.74) is 0.639. The van der Waals surface area contributed by atoms with Gasteiger partial charge in [-0.2, -0.15) is 0 Å². The van der Waals surface area contributed by atoms with Gasteiger partial charge in [0.1, 0.15) is 5.38 Å². The van der Waals surface area contributed by atoms with Crippen LogP contribution in [0.25, 0.3) is 0 Å². The number of alkyl halides is 1. The van der Waals surface area contributed by atoms with Crippen LogP contribution < -0.4 is 10.7 Å². The van der Waals surface area contributed by atoms with Crippen molar-refractivity contribution in [1.29, 1.82) is 0 Å². The predicted molar refractivity (Wildman–Crippen MR) is 88.2 cm³/mol. The third-order valence-electron chi connectivity index (χ3n) is 3.75. The van der Waals surface area contributed by atoms with Gasteiger partial charge in [0.15, 0.2) is 5.66 Å². The Bertz CT molecular complexity index is 851. The van der Waals surface area contributed by atoms with Crippen molar-refractivity contribution in [2.24, 2.45) is 9.98 Å². The second-order valence-electron chi connectivity index (χ2n) is 5.51. The molecule has 0 saturated carbocycles. The molecular formula is C18H17ClN2O2. The Balaban J connectivity index is 1.98. The van der Waals surface area contributed by atoms with Crippen LogP contribution in [-0.4, -0.2) is 18.2 Å². The number of fused-ring (bicyclic) bond motifs is 1. The lowest BCUT2D eigenvalue weighted by molar-refractivity contribution is 0.0526. The summed E-state index contributed by atoms with van der Waals surface area (Å²) in [5.74, 6) is -0.357. The van der Waals surface area contributed by atoms with E-state index < -0.39 is 5.66 Å². The van der Waals surface area contributed by atoms with Gasteiger partial charge in [0.2, 0.25) is 0 Å². The molecule has 1 aliphatic heterocycles. The standard InChI is InChI=1S/C18H17ClN2O2/c1-3-23-17(22)13-9-10-14-15(11-13)21-18(2,20-14)16(19)12-7-5-4-6-8-12/h4-11,16H,3H2,1-2H3. The van der Waals surface area contributed by atoms with Gasteiger partial charge in [-0.25, -0.2) is 4.79 Å². The van der Waals surface area contributed by atoms with Crippen LogP contribution in [0.4, 0.5) is 0 Å². The molecule has 2 aromatic rings. The van der Waals surface area contributed by atoms with E-state index >= 15 is 0 Å². The topological polar surface area (TPSA) is 51.0 Å². The van der Waals surface area contributed by atoms with Crippen LogP contribution in [0, 0.1) is 0 Å². The van der Waals surface area contributed by atoms with E-state index in [1.165, 1.54) is 0 Å². The van der Waals surface area contributed by atoms with Crippen molar-refractivity contribution in [1.82, 2.24) is 0 Å². The fraction of sp³-hybridized carbons (Fsp3) is 0.278. The fourth-order valence-electron chi connectivity index (χ4n) is 2.61. The van der Waals surface area contributed by atoms with Gasteiger partial charge in [-0.1, -0.05) is 30.3 Å². The molecule has 2 aromatic carbocycles. The first-order chi connectivity index (χ1) is 11.0. The average Bonchev–Trinajstić information content (AvgIpc) is 2.91. The normalized spacial score (nSPS) is 20.1. The van der Waals surface area contributed by atoms with Crippen molar-refractivity contribution < 1.29 is 9.53 Å². The fourth-order valence-corrected chi connectivity index (χ4v) is 2.86. The molecule has 0 saturated heterocycles. The molecule has 2 unspecified atom stereocenters. The minimum Gasteiger partial charge on any atom is -0.462 e. The van der Waals surface area contributed by atoms with E-state index in [4.69, 9.17) is 16.3 Å². The van der Waals surface area contributed by atoms with Gasteiger partial charge in [0.25, 0.3) is 0 Å². The van der Waals surface area contributed by atoms with Gasteiger partial charge >= 0.3 is 5.97 Å². The molecule has 118 valence electrons. The molecule has 3 rings (SSSR count). The summed E-state index contributed by atoms with van der Waals surface area (Å²) in [6, 6.07) is 14.9. The van der Waals surface area contributed by atoms with E-state index in [2.05, 4.69) is 9.98 Å². The Kier molecular flexibility index (Phi) is 4.18. The van der Waals surface area contributed by atoms with Crippen LogP contribution in [0.1, 0.15) is 35.1 Å². The SMILES string of the molecule is CCOC(=O)c1ccc2c(c1)=NC(C)(C(Cl)c1ccccc1)N=2. The first-order valence-corrected chi connectivity index (χ1v) is 7.93. The van der Waals surface area contributed by atoms with Crippen LogP contribution in [-0.2, 0) is 4.74 Å². The molecule has 1 heterocycles. The smallest absolute Gasteiger partial charge is 0.338 e. The number of rotatable bonds is 4. The van der Waals surface area contributed by atoms with E-state index in [0.717, 1.165) is 10.9 Å². The quantitative estimate of drug-likeness (QED) is 0.640. The molecule has 0 radical (unpaired) electrons. The Morgan fingerprint density at radius 1 is 1.17 bits per heavy atom. The summed E-state index contributed by atoms with van der Waals surface area (Å²) in [6.45, 7) is 4.01. The van der Waals surface area contributed by atoms with Crippen molar-refractivity contribution in [2.45, 2.75) is 24.9 Å². The molecule has 2 atom stereocenters. The maximum Gasteiger partial charge on any atom is 0.338 e. The molecule has 5 heteroatoms. The molecule has 1 aliphatic rings. The molecule has 0 spiro atoms. The van der Waals surface area contributed by atoms with Crippen LogP contribution in [0.15, 0.2) is 58.5 Å². The predicted octanol–water partition coefficient (Wildman–Crippen LogP) is 2.81. The Morgan fingerprint density at radius 3 is 2.57 bits per heavy atom. The summed E-state index contributed by atoms with van der Waals surface area (Å²) in [5, 5.41) is 1.02. The van der Waals surface area contributed by atoms with Crippen LogP contribution >= 0.6 is 11.6 Å². The van der Waals surface area contributed by atoms with Gasteiger partial charge < -0.3 is 4.74 Å². The third-order valence-corrected chi connectivity index (χ3v) is 4.42. The zero-order valence-electron chi connectivity index (χ0n) is 13.0. The lowest BCUT2D eigenvalue weighted by atomic mass is 10.0. The van der Waals surface area contributed by atoms with Gasteiger partial charge in [-0.15, -0.1) is 11.6 Å². The van der Waals surface area contributed by atoms with Crippen LogP contribution in [0.5, 0.6) is 0 Å². The number of halogens is 1. The second-order valence-corrected chi connectivity index (χ2v) is 5.95. The van der Waals surface area contributed by atoms with Gasteiger partial charge in [-0.3, -0.25) is 9.98 Å². The number of esters is 1. The number of hydrogen-bond acceptors (Lipinski definition) is 4. The van der Waals surface area contributed by atoms with E-state index in [0.29, 0.717) is 17.5 Å². The highest BCUT2D eigenvalue weighted by molar-refractivity contribution is 6.21. The number of hydrogen-bond donors (Lipinski definition) is 0. The van der Waals surface area contributed by atoms with Gasteiger partial charge in [0.05, 0.1) is 22.9 Å².